The van der Waals surface area contributed by atoms with Crippen molar-refractivity contribution in [2.24, 2.45) is 5.16 Å². The molecule has 1 aromatic carbocycles. The standard InChI is InChI=1S/C22H22ClN7O15S3/c1-22(2,20(35)44-8-10-3-5-11(6-4-10)30(36)37)45-27-14(12-9-46-21(24-12)25-13(31)7-23)17(32)26-15-16(18(33)28-47(38,39)40)29(19(15)34)48(41,42)43/h3-6,9,15-16H,7-8H2,1-2H3,(H,26,32)(H,28,33)(H,24,25,31)(H,38,39,40)(H,41,42,43)/b27-14-/t15-,16-/m1/s1. The first kappa shape index (κ1) is 37.6. The molecule has 0 aliphatic carbocycles. The van der Waals surface area contributed by atoms with Gasteiger partial charge in [0, 0.05) is 17.5 Å². The van der Waals surface area contributed by atoms with Crippen LogP contribution in [0.3, 0.4) is 0 Å². The molecule has 2 aromatic rings. The van der Waals surface area contributed by atoms with Crippen molar-refractivity contribution in [1.82, 2.24) is 19.3 Å². The number of halogens is 1. The third-order valence-corrected chi connectivity index (χ3v) is 8.15. The zero-order chi connectivity index (χ0) is 36.2. The summed E-state index contributed by atoms with van der Waals surface area (Å²) in [5.41, 5.74) is -3.04. The molecule has 0 bridgehead atoms. The first-order valence-electron chi connectivity index (χ1n) is 12.5. The number of anilines is 1. The zero-order valence-corrected chi connectivity index (χ0v) is 27.3. The summed E-state index contributed by atoms with van der Waals surface area (Å²) < 4.78 is 69.5. The highest BCUT2D eigenvalue weighted by Gasteiger charge is 2.58. The number of hydrogen-bond acceptors (Lipinski definition) is 16. The quantitative estimate of drug-likeness (QED) is 0.0290. The summed E-state index contributed by atoms with van der Waals surface area (Å²) in [7, 11) is -10.8. The third-order valence-electron chi connectivity index (χ3n) is 5.79. The Morgan fingerprint density at radius 1 is 1.17 bits per heavy atom. The molecule has 4 amide bonds. The normalized spacial score (nSPS) is 16.7. The molecule has 22 nitrogen and oxygen atoms in total. The van der Waals surface area contributed by atoms with Crippen molar-refractivity contribution < 1.29 is 64.4 Å². The monoisotopic (exact) mass is 755 g/mol. The molecule has 48 heavy (non-hydrogen) atoms. The van der Waals surface area contributed by atoms with Gasteiger partial charge in [0.05, 0.1) is 4.92 Å². The maximum atomic E-state index is 13.4. The average Bonchev–Trinajstić information content (AvgIpc) is 3.43. The van der Waals surface area contributed by atoms with Crippen LogP contribution in [0.2, 0.25) is 0 Å². The average molecular weight is 756 g/mol. The molecule has 0 saturated carbocycles. The Morgan fingerprint density at radius 2 is 1.79 bits per heavy atom. The van der Waals surface area contributed by atoms with Crippen molar-refractivity contribution >= 4 is 89.7 Å². The van der Waals surface area contributed by atoms with Crippen LogP contribution in [-0.4, -0.2) is 99.0 Å². The summed E-state index contributed by atoms with van der Waals surface area (Å²) in [6, 6.07) is 0.405. The lowest BCUT2D eigenvalue weighted by molar-refractivity contribution is -0.384. The molecule has 0 radical (unpaired) electrons. The van der Waals surface area contributed by atoms with Crippen molar-refractivity contribution in [2.75, 3.05) is 11.2 Å². The van der Waals surface area contributed by atoms with E-state index in [1.807, 2.05) is 5.32 Å². The van der Waals surface area contributed by atoms with Crippen LogP contribution in [0.5, 0.6) is 0 Å². The minimum Gasteiger partial charge on any atom is -0.458 e. The van der Waals surface area contributed by atoms with E-state index in [2.05, 4.69) is 15.5 Å². The van der Waals surface area contributed by atoms with E-state index in [1.165, 1.54) is 24.3 Å². The molecule has 260 valence electrons. The molecule has 1 fully saturated rings. The topological polar surface area (TPSA) is 320 Å². The molecule has 1 aromatic heterocycles. The smallest absolute Gasteiger partial charge is 0.363 e. The van der Waals surface area contributed by atoms with E-state index >= 15 is 0 Å². The van der Waals surface area contributed by atoms with Crippen molar-refractivity contribution in [3.63, 3.8) is 0 Å². The summed E-state index contributed by atoms with van der Waals surface area (Å²) in [5.74, 6) is -7.15. The largest absolute Gasteiger partial charge is 0.458 e. The van der Waals surface area contributed by atoms with Gasteiger partial charge in [-0.3, -0.25) is 38.4 Å². The number of ether oxygens (including phenoxy) is 1. The molecule has 1 aliphatic rings. The molecular weight excluding hydrogens is 734 g/mol. The first-order valence-corrected chi connectivity index (χ1v) is 16.8. The van der Waals surface area contributed by atoms with Crippen LogP contribution < -0.4 is 15.4 Å². The van der Waals surface area contributed by atoms with Crippen LogP contribution in [0, 0.1) is 10.1 Å². The SMILES string of the molecule is CC(C)(O/N=C(\C(=O)N[C@H]1C(=O)N(S(=O)(=O)O)[C@H]1C(=O)NS(=O)(=O)O)c1csc(NC(=O)CCl)n1)C(=O)OCc1ccc([N+](=O)[O-])cc1. The number of nitrogens with one attached hydrogen (secondary N) is 3. The van der Waals surface area contributed by atoms with Gasteiger partial charge < -0.3 is 20.2 Å². The molecule has 2 atom stereocenters. The van der Waals surface area contributed by atoms with Gasteiger partial charge in [-0.05, 0) is 31.5 Å². The Bertz CT molecular complexity index is 1900. The van der Waals surface area contributed by atoms with Gasteiger partial charge in [0.25, 0.3) is 23.4 Å². The number of nitro groups is 1. The number of oxime groups is 1. The molecule has 1 saturated heterocycles. The lowest BCUT2D eigenvalue weighted by Crippen LogP contribution is -2.76. The van der Waals surface area contributed by atoms with E-state index in [1.54, 1.807) is 0 Å². The lowest BCUT2D eigenvalue weighted by Gasteiger charge is -2.42. The summed E-state index contributed by atoms with van der Waals surface area (Å²) in [4.78, 5) is 82.1. The van der Waals surface area contributed by atoms with E-state index in [0.717, 1.165) is 35.3 Å². The lowest BCUT2D eigenvalue weighted by atomic mass is 9.98. The third kappa shape index (κ3) is 9.38. The predicted molar refractivity (Wildman–Crippen MR) is 160 cm³/mol. The maximum absolute atomic E-state index is 13.4. The number of carbonyl (C=O) groups is 5. The second-order valence-electron chi connectivity index (χ2n) is 9.71. The van der Waals surface area contributed by atoms with Crippen LogP contribution in [0.25, 0.3) is 0 Å². The van der Waals surface area contributed by atoms with Gasteiger partial charge >= 0.3 is 26.6 Å². The van der Waals surface area contributed by atoms with Gasteiger partial charge in [0.1, 0.15) is 24.2 Å². The van der Waals surface area contributed by atoms with Gasteiger partial charge in [-0.15, -0.1) is 22.9 Å². The molecular formula is C22H22ClN7O15S3. The Morgan fingerprint density at radius 3 is 2.33 bits per heavy atom. The number of esters is 1. The summed E-state index contributed by atoms with van der Waals surface area (Å²) in [6.07, 6.45) is 0. The maximum Gasteiger partial charge on any atom is 0.363 e. The summed E-state index contributed by atoms with van der Waals surface area (Å²) >= 11 is 6.20. The molecule has 0 spiro atoms. The number of rotatable bonds is 14. The highest BCUT2D eigenvalue weighted by atomic mass is 35.5. The van der Waals surface area contributed by atoms with Gasteiger partial charge in [-0.25, -0.2) is 14.5 Å². The fraction of sp³-hybridized carbons (Fsp3) is 0.318. The van der Waals surface area contributed by atoms with Gasteiger partial charge in [-0.1, -0.05) is 5.16 Å². The van der Waals surface area contributed by atoms with Gasteiger partial charge in [0.2, 0.25) is 11.5 Å². The van der Waals surface area contributed by atoms with Crippen LogP contribution in [-0.2, 0) is 60.8 Å². The number of nitrogens with zero attached hydrogens (tertiary/aromatic N) is 4. The Kier molecular flexibility index (Phi) is 11.4. The molecule has 1 aliphatic heterocycles. The number of benzene rings is 1. The molecule has 5 N–H and O–H groups in total. The van der Waals surface area contributed by atoms with Crippen LogP contribution in [0.15, 0.2) is 34.8 Å². The Labute approximate surface area is 278 Å². The highest BCUT2D eigenvalue weighted by molar-refractivity contribution is 7.84. The van der Waals surface area contributed by atoms with Crippen LogP contribution in [0.1, 0.15) is 25.1 Å². The Balaban J connectivity index is 1.89. The molecule has 2 heterocycles. The van der Waals surface area contributed by atoms with Crippen molar-refractivity contribution in [3.8, 4) is 0 Å². The van der Waals surface area contributed by atoms with Crippen LogP contribution >= 0.6 is 22.9 Å². The number of aromatic nitrogens is 1. The number of amides is 4. The van der Waals surface area contributed by atoms with Crippen molar-refractivity contribution in [3.05, 3.63) is 51.0 Å². The molecule has 26 heteroatoms. The van der Waals surface area contributed by atoms with E-state index in [0.29, 0.717) is 5.56 Å². The van der Waals surface area contributed by atoms with E-state index in [4.69, 9.17) is 25.7 Å². The second-order valence-corrected chi connectivity index (χ2v) is 13.3. The highest BCUT2D eigenvalue weighted by Crippen LogP contribution is 2.25. The number of thiazole rings is 1. The predicted octanol–water partition coefficient (Wildman–Crippen LogP) is -1.11. The minimum atomic E-state index is -5.49. The number of alkyl halides is 1. The number of non-ortho nitro benzene ring substituents is 1. The van der Waals surface area contributed by atoms with Crippen LogP contribution in [0.4, 0.5) is 10.8 Å². The first-order chi connectivity index (χ1) is 22.1. The van der Waals surface area contributed by atoms with Crippen molar-refractivity contribution in [2.45, 2.75) is 38.1 Å². The number of hydrogen-bond donors (Lipinski definition) is 5. The van der Waals surface area contributed by atoms with E-state index in [-0.39, 0.29) is 23.1 Å². The summed E-state index contributed by atoms with van der Waals surface area (Å²) in [6.45, 7) is 1.95. The number of carbonyl (C=O) groups excluding carboxylic acids is 5. The van der Waals surface area contributed by atoms with E-state index in [9.17, 15) is 55.5 Å². The number of nitro benzene ring substituents is 1. The molecule has 3 rings (SSSR count). The minimum absolute atomic E-state index is 0.124. The van der Waals surface area contributed by atoms with Crippen molar-refractivity contribution in [1.29, 1.82) is 0 Å². The van der Waals surface area contributed by atoms with Gasteiger partial charge in [-0.2, -0.15) is 21.1 Å². The van der Waals surface area contributed by atoms with E-state index < -0.39 is 88.7 Å². The fourth-order valence-electron chi connectivity index (χ4n) is 3.55. The fourth-order valence-corrected chi connectivity index (χ4v) is 5.54. The Hall–Kier alpha value is -4.82. The van der Waals surface area contributed by atoms with Gasteiger partial charge in [0.15, 0.2) is 16.9 Å². The number of β-lactam (4-membered cyclic amide) rings is 1. The summed E-state index contributed by atoms with van der Waals surface area (Å²) in [5, 5.41) is 19.7. The zero-order valence-electron chi connectivity index (χ0n) is 24.0. The second kappa shape index (κ2) is 14.5. The molecule has 0 unspecified atom stereocenters.